The highest BCUT2D eigenvalue weighted by atomic mass is 15.1. The Hall–Kier alpha value is -0.0800. The summed E-state index contributed by atoms with van der Waals surface area (Å²) >= 11 is 0. The first kappa shape index (κ1) is 13.4. The minimum absolute atomic E-state index is 0.789. The lowest BCUT2D eigenvalue weighted by Crippen LogP contribution is -2.40. The molecule has 2 aliphatic rings. The molecule has 1 aliphatic heterocycles. The molecular weight excluding hydrogens is 208 g/mol. The predicted molar refractivity (Wildman–Crippen MR) is 74.3 cm³/mol. The molecule has 1 saturated carbocycles. The Morgan fingerprint density at radius 2 is 1.88 bits per heavy atom. The van der Waals surface area contributed by atoms with E-state index in [1.807, 2.05) is 0 Å². The maximum atomic E-state index is 3.80. The number of nitrogens with one attached hydrogen (secondary N) is 1. The molecule has 0 amide bonds. The van der Waals surface area contributed by atoms with Crippen LogP contribution in [-0.4, -0.2) is 37.1 Å². The Bertz CT molecular complexity index is 211. The smallest absolute Gasteiger partial charge is 0.00952 e. The van der Waals surface area contributed by atoms with Gasteiger partial charge in [-0.1, -0.05) is 20.3 Å². The first-order valence-electron chi connectivity index (χ1n) is 7.71. The minimum atomic E-state index is 0.789. The number of nitrogens with zero attached hydrogens (tertiary/aromatic N) is 1. The molecule has 3 unspecified atom stereocenters. The third kappa shape index (κ3) is 4.26. The summed E-state index contributed by atoms with van der Waals surface area (Å²) in [5, 5.41) is 3.80. The first-order valence-corrected chi connectivity index (χ1v) is 7.71. The van der Waals surface area contributed by atoms with Gasteiger partial charge in [0, 0.05) is 6.04 Å². The fourth-order valence-electron chi connectivity index (χ4n) is 3.41. The van der Waals surface area contributed by atoms with E-state index in [0.29, 0.717) is 0 Å². The van der Waals surface area contributed by atoms with Gasteiger partial charge in [0.05, 0.1) is 0 Å². The quantitative estimate of drug-likeness (QED) is 0.741. The fraction of sp³-hybridized carbons (Fsp3) is 1.00. The molecule has 0 aromatic rings. The van der Waals surface area contributed by atoms with Crippen LogP contribution in [0.15, 0.2) is 0 Å². The van der Waals surface area contributed by atoms with Crippen LogP contribution in [0.2, 0.25) is 0 Å². The van der Waals surface area contributed by atoms with E-state index < -0.39 is 0 Å². The molecule has 1 aliphatic carbocycles. The molecule has 2 nitrogen and oxygen atoms in total. The van der Waals surface area contributed by atoms with Gasteiger partial charge in [0.25, 0.3) is 0 Å². The van der Waals surface area contributed by atoms with E-state index in [9.17, 15) is 0 Å². The molecule has 2 rings (SSSR count). The summed E-state index contributed by atoms with van der Waals surface area (Å²) in [6, 6.07) is 0.789. The number of hydrogen-bond donors (Lipinski definition) is 1. The summed E-state index contributed by atoms with van der Waals surface area (Å²) in [6.07, 6.45) is 8.43. The molecule has 0 spiro atoms. The molecule has 0 bridgehead atoms. The predicted octanol–water partition coefficient (Wildman–Crippen LogP) is 2.89. The van der Waals surface area contributed by atoms with Crippen LogP contribution in [-0.2, 0) is 0 Å². The zero-order valence-electron chi connectivity index (χ0n) is 11.8. The summed E-state index contributed by atoms with van der Waals surface area (Å²) in [4.78, 5) is 2.62. The third-order valence-electron chi connectivity index (χ3n) is 4.71. The van der Waals surface area contributed by atoms with Crippen molar-refractivity contribution in [1.82, 2.24) is 10.2 Å². The number of rotatable bonds is 5. The maximum Gasteiger partial charge on any atom is 0.00952 e. The topological polar surface area (TPSA) is 15.3 Å². The Morgan fingerprint density at radius 1 is 1.12 bits per heavy atom. The largest absolute Gasteiger partial charge is 0.314 e. The fourth-order valence-corrected chi connectivity index (χ4v) is 3.41. The van der Waals surface area contributed by atoms with Crippen molar-refractivity contribution in [3.05, 3.63) is 0 Å². The van der Waals surface area contributed by atoms with Gasteiger partial charge < -0.3 is 10.2 Å². The van der Waals surface area contributed by atoms with Gasteiger partial charge in [-0.3, -0.25) is 0 Å². The normalized spacial score (nSPS) is 35.3. The Morgan fingerprint density at radius 3 is 2.65 bits per heavy atom. The zero-order valence-corrected chi connectivity index (χ0v) is 11.8. The molecule has 0 aromatic carbocycles. The van der Waals surface area contributed by atoms with Crippen LogP contribution in [0.4, 0.5) is 0 Å². The van der Waals surface area contributed by atoms with Crippen LogP contribution in [0.25, 0.3) is 0 Å². The van der Waals surface area contributed by atoms with Gasteiger partial charge in [-0.25, -0.2) is 0 Å². The zero-order chi connectivity index (χ0) is 12.1. The van der Waals surface area contributed by atoms with Crippen molar-refractivity contribution in [3.8, 4) is 0 Å². The van der Waals surface area contributed by atoms with Crippen LogP contribution in [0.1, 0.15) is 52.4 Å². The lowest BCUT2D eigenvalue weighted by Gasteiger charge is -2.33. The third-order valence-corrected chi connectivity index (χ3v) is 4.71. The Kier molecular flexibility index (Phi) is 5.30. The number of likely N-dealkylation sites (tertiary alicyclic amines) is 1. The molecular formula is C15H30N2. The molecule has 2 heteroatoms. The van der Waals surface area contributed by atoms with E-state index in [1.54, 1.807) is 0 Å². The van der Waals surface area contributed by atoms with Crippen molar-refractivity contribution in [2.24, 2.45) is 11.8 Å². The van der Waals surface area contributed by atoms with Crippen molar-refractivity contribution < 1.29 is 0 Å². The first-order chi connectivity index (χ1) is 8.25. The summed E-state index contributed by atoms with van der Waals surface area (Å²) in [6.45, 7) is 10.0. The van der Waals surface area contributed by atoms with Crippen LogP contribution in [0, 0.1) is 11.8 Å². The highest BCUT2D eigenvalue weighted by molar-refractivity contribution is 4.81. The SMILES string of the molecule is CC1CCC(C)C(NCCCN2CCCC2)C1. The van der Waals surface area contributed by atoms with Crippen LogP contribution in [0.5, 0.6) is 0 Å². The molecule has 1 N–H and O–H groups in total. The van der Waals surface area contributed by atoms with Crippen molar-refractivity contribution in [2.75, 3.05) is 26.2 Å². The molecule has 2 fully saturated rings. The standard InChI is InChI=1S/C15H30N2/c1-13-6-7-14(2)15(12-13)16-8-5-11-17-9-3-4-10-17/h13-16H,3-12H2,1-2H3. The lowest BCUT2D eigenvalue weighted by molar-refractivity contribution is 0.225. The van der Waals surface area contributed by atoms with Gasteiger partial charge in [0.1, 0.15) is 0 Å². The highest BCUT2D eigenvalue weighted by Gasteiger charge is 2.24. The average molecular weight is 238 g/mol. The van der Waals surface area contributed by atoms with Gasteiger partial charge in [-0.2, -0.15) is 0 Å². The van der Waals surface area contributed by atoms with Gasteiger partial charge >= 0.3 is 0 Å². The van der Waals surface area contributed by atoms with E-state index in [-0.39, 0.29) is 0 Å². The summed E-state index contributed by atoms with van der Waals surface area (Å²) < 4.78 is 0. The monoisotopic (exact) mass is 238 g/mol. The van der Waals surface area contributed by atoms with Gasteiger partial charge in [0.15, 0.2) is 0 Å². The second-order valence-electron chi connectivity index (χ2n) is 6.36. The van der Waals surface area contributed by atoms with Crippen molar-refractivity contribution in [2.45, 2.75) is 58.4 Å². The van der Waals surface area contributed by atoms with E-state index in [1.165, 1.54) is 64.7 Å². The van der Waals surface area contributed by atoms with Crippen LogP contribution in [0.3, 0.4) is 0 Å². The van der Waals surface area contributed by atoms with Crippen LogP contribution >= 0.6 is 0 Å². The van der Waals surface area contributed by atoms with E-state index >= 15 is 0 Å². The molecule has 0 radical (unpaired) electrons. The second-order valence-corrected chi connectivity index (χ2v) is 6.36. The van der Waals surface area contributed by atoms with Gasteiger partial charge in [-0.05, 0) is 70.1 Å². The molecule has 3 atom stereocenters. The van der Waals surface area contributed by atoms with Gasteiger partial charge in [0.2, 0.25) is 0 Å². The van der Waals surface area contributed by atoms with E-state index in [2.05, 4.69) is 24.1 Å². The van der Waals surface area contributed by atoms with Crippen LogP contribution < -0.4 is 5.32 Å². The van der Waals surface area contributed by atoms with Crippen molar-refractivity contribution in [3.63, 3.8) is 0 Å². The second kappa shape index (κ2) is 6.75. The lowest BCUT2D eigenvalue weighted by atomic mass is 9.80. The summed E-state index contributed by atoms with van der Waals surface area (Å²) in [5.41, 5.74) is 0. The summed E-state index contributed by atoms with van der Waals surface area (Å²) in [7, 11) is 0. The Balaban J connectivity index is 1.57. The summed E-state index contributed by atoms with van der Waals surface area (Å²) in [5.74, 6) is 1.82. The molecule has 100 valence electrons. The van der Waals surface area contributed by atoms with Gasteiger partial charge in [-0.15, -0.1) is 0 Å². The molecule has 1 saturated heterocycles. The van der Waals surface area contributed by atoms with E-state index in [4.69, 9.17) is 0 Å². The minimum Gasteiger partial charge on any atom is -0.314 e. The molecule has 1 heterocycles. The number of hydrogen-bond acceptors (Lipinski definition) is 2. The Labute approximate surface area is 107 Å². The average Bonchev–Trinajstić information content (AvgIpc) is 2.82. The van der Waals surface area contributed by atoms with E-state index in [0.717, 1.165) is 17.9 Å². The van der Waals surface area contributed by atoms with Crippen molar-refractivity contribution >= 4 is 0 Å². The molecule has 0 aromatic heterocycles. The molecule has 17 heavy (non-hydrogen) atoms. The van der Waals surface area contributed by atoms with Crippen molar-refractivity contribution in [1.29, 1.82) is 0 Å². The highest BCUT2D eigenvalue weighted by Crippen LogP contribution is 2.28. The maximum absolute atomic E-state index is 3.80.